The molecule has 3 heteroatoms. The normalized spacial score (nSPS) is 11.6. The van der Waals surface area contributed by atoms with Crippen LogP contribution in [0, 0.1) is 0 Å². The summed E-state index contributed by atoms with van der Waals surface area (Å²) >= 11 is 1.85. The van der Waals surface area contributed by atoms with Crippen molar-refractivity contribution in [3.05, 3.63) is 200 Å². The molecule has 11 aromatic rings. The highest BCUT2D eigenvalue weighted by Gasteiger charge is 2.22. The van der Waals surface area contributed by atoms with Gasteiger partial charge in [-0.05, 0) is 93.2 Å². The van der Waals surface area contributed by atoms with Crippen molar-refractivity contribution in [3.63, 3.8) is 0 Å². The minimum atomic E-state index is 0.900. The van der Waals surface area contributed by atoms with Crippen LogP contribution >= 0.6 is 11.3 Å². The molecular weight excluding hydrogens is 687 g/mol. The molecular formula is C52H33NOS. The van der Waals surface area contributed by atoms with Crippen molar-refractivity contribution in [2.75, 3.05) is 4.90 Å². The van der Waals surface area contributed by atoms with Crippen LogP contribution in [-0.2, 0) is 0 Å². The van der Waals surface area contributed by atoms with Gasteiger partial charge in [0.05, 0.1) is 5.69 Å². The van der Waals surface area contributed by atoms with Crippen molar-refractivity contribution in [2.45, 2.75) is 0 Å². The van der Waals surface area contributed by atoms with E-state index in [1.54, 1.807) is 0 Å². The molecule has 0 spiro atoms. The molecule has 55 heavy (non-hydrogen) atoms. The van der Waals surface area contributed by atoms with Gasteiger partial charge < -0.3 is 9.32 Å². The molecule has 0 aliphatic rings. The second kappa shape index (κ2) is 12.9. The maximum Gasteiger partial charge on any atom is 0.143 e. The fourth-order valence-corrected chi connectivity index (χ4v) is 9.39. The monoisotopic (exact) mass is 719 g/mol. The molecule has 0 aliphatic carbocycles. The molecule has 0 fully saturated rings. The molecule has 9 aromatic carbocycles. The van der Waals surface area contributed by atoms with Crippen molar-refractivity contribution >= 4 is 81.3 Å². The van der Waals surface area contributed by atoms with E-state index in [1.165, 1.54) is 42.1 Å². The van der Waals surface area contributed by atoms with Gasteiger partial charge in [-0.3, -0.25) is 0 Å². The number of hydrogen-bond acceptors (Lipinski definition) is 3. The van der Waals surface area contributed by atoms with Crippen LogP contribution in [0.3, 0.4) is 0 Å². The Morgan fingerprint density at radius 1 is 0.382 bits per heavy atom. The summed E-state index contributed by atoms with van der Waals surface area (Å²) in [5.74, 6) is 0. The zero-order chi connectivity index (χ0) is 36.3. The number of nitrogens with zero attached hydrogens (tertiary/aromatic N) is 1. The molecule has 0 unspecified atom stereocenters. The van der Waals surface area contributed by atoms with Gasteiger partial charge in [-0.25, -0.2) is 0 Å². The summed E-state index contributed by atoms with van der Waals surface area (Å²) in [6, 6.07) is 72.2. The Morgan fingerprint density at radius 3 is 1.96 bits per heavy atom. The van der Waals surface area contributed by atoms with E-state index in [0.717, 1.165) is 61.3 Å². The zero-order valence-electron chi connectivity index (χ0n) is 29.8. The predicted molar refractivity (Wildman–Crippen MR) is 235 cm³/mol. The molecule has 0 aliphatic heterocycles. The van der Waals surface area contributed by atoms with Crippen LogP contribution in [0.4, 0.5) is 17.1 Å². The minimum absolute atomic E-state index is 0.900. The molecule has 0 N–H and O–H groups in total. The predicted octanol–water partition coefficient (Wildman–Crippen LogP) is 15.6. The number of para-hydroxylation sites is 2. The quantitative estimate of drug-likeness (QED) is 0.170. The van der Waals surface area contributed by atoms with Gasteiger partial charge in [0.1, 0.15) is 11.2 Å². The zero-order valence-corrected chi connectivity index (χ0v) is 30.6. The highest BCUT2D eigenvalue weighted by atomic mass is 32.1. The maximum absolute atomic E-state index is 6.59. The van der Waals surface area contributed by atoms with E-state index in [1.807, 2.05) is 17.4 Å². The van der Waals surface area contributed by atoms with E-state index in [9.17, 15) is 0 Å². The average molecular weight is 720 g/mol. The Bertz CT molecular complexity index is 3210. The molecule has 0 saturated carbocycles. The summed E-state index contributed by atoms with van der Waals surface area (Å²) in [5, 5.41) is 7.28. The van der Waals surface area contributed by atoms with Gasteiger partial charge >= 0.3 is 0 Å². The van der Waals surface area contributed by atoms with E-state index in [-0.39, 0.29) is 0 Å². The smallest absolute Gasteiger partial charge is 0.143 e. The van der Waals surface area contributed by atoms with E-state index >= 15 is 0 Å². The lowest BCUT2D eigenvalue weighted by Gasteiger charge is -2.28. The number of hydrogen-bond donors (Lipinski definition) is 0. The number of anilines is 3. The van der Waals surface area contributed by atoms with Crippen molar-refractivity contribution in [1.29, 1.82) is 0 Å². The van der Waals surface area contributed by atoms with Crippen LogP contribution in [0.5, 0.6) is 0 Å². The molecule has 11 rings (SSSR count). The molecule has 0 saturated heterocycles. The van der Waals surface area contributed by atoms with E-state index in [0.29, 0.717) is 0 Å². The summed E-state index contributed by atoms with van der Waals surface area (Å²) in [7, 11) is 0. The first kappa shape index (κ1) is 31.6. The van der Waals surface area contributed by atoms with Crippen molar-refractivity contribution < 1.29 is 4.42 Å². The van der Waals surface area contributed by atoms with Gasteiger partial charge in [-0.2, -0.15) is 0 Å². The second-order valence-electron chi connectivity index (χ2n) is 14.1. The number of thiophene rings is 1. The van der Waals surface area contributed by atoms with Crippen LogP contribution in [0.1, 0.15) is 0 Å². The molecule has 2 heterocycles. The van der Waals surface area contributed by atoms with Crippen LogP contribution in [-0.4, -0.2) is 0 Å². The SMILES string of the molecule is c1ccc(-c2cc(N(c3ccc(-c4ccc5ccccc5c4)cc3)c3cccc4sc5ccccc5c34)ccc2-c2cccc3c2oc2ccccc23)cc1. The van der Waals surface area contributed by atoms with Crippen molar-refractivity contribution in [3.8, 4) is 33.4 Å². The van der Waals surface area contributed by atoms with E-state index < -0.39 is 0 Å². The van der Waals surface area contributed by atoms with Crippen molar-refractivity contribution in [1.82, 2.24) is 0 Å². The van der Waals surface area contributed by atoms with Gasteiger partial charge in [0.15, 0.2) is 0 Å². The molecule has 0 amide bonds. The first-order chi connectivity index (χ1) is 27.3. The molecule has 0 bridgehead atoms. The Morgan fingerprint density at radius 2 is 1.07 bits per heavy atom. The number of benzene rings is 9. The second-order valence-corrected chi connectivity index (χ2v) is 15.2. The molecule has 0 radical (unpaired) electrons. The highest BCUT2D eigenvalue weighted by Crippen LogP contribution is 2.47. The van der Waals surface area contributed by atoms with Gasteiger partial charge in [0.25, 0.3) is 0 Å². The highest BCUT2D eigenvalue weighted by molar-refractivity contribution is 7.26. The summed E-state index contributed by atoms with van der Waals surface area (Å²) < 4.78 is 9.15. The fraction of sp³-hybridized carbons (Fsp3) is 0. The molecule has 0 atom stereocenters. The molecule has 2 nitrogen and oxygen atoms in total. The standard InChI is InChI=1S/C52H33NOS/c1-2-13-36(14-3-1)46-33-40(30-31-41(46)43-18-10-19-44-42-16-6-8-21-48(42)54-52(43)44)53(47-20-11-23-50-51(47)45-17-7-9-22-49(45)55-50)39-28-26-35(27-29-39)38-25-24-34-12-4-5-15-37(34)32-38/h1-33H. The Kier molecular flexibility index (Phi) is 7.39. The number of fused-ring (bicyclic) bond motifs is 7. The van der Waals surface area contributed by atoms with Crippen LogP contribution in [0.25, 0.3) is 86.3 Å². The summed E-state index contributed by atoms with van der Waals surface area (Å²) in [6.07, 6.45) is 0. The van der Waals surface area contributed by atoms with Gasteiger partial charge in [0.2, 0.25) is 0 Å². The lowest BCUT2D eigenvalue weighted by atomic mass is 9.92. The molecule has 2 aromatic heterocycles. The van der Waals surface area contributed by atoms with Crippen LogP contribution in [0.15, 0.2) is 205 Å². The Labute approximate surface area is 322 Å². The number of furan rings is 1. The Balaban J connectivity index is 1.13. The third-order valence-corrected chi connectivity index (χ3v) is 12.0. The average Bonchev–Trinajstić information content (AvgIpc) is 3.83. The Hall–Kier alpha value is -6.94. The third kappa shape index (κ3) is 5.32. The third-order valence-electron chi connectivity index (χ3n) is 10.9. The maximum atomic E-state index is 6.59. The van der Waals surface area contributed by atoms with Crippen molar-refractivity contribution in [2.24, 2.45) is 0 Å². The van der Waals surface area contributed by atoms with E-state index in [2.05, 4.69) is 199 Å². The van der Waals surface area contributed by atoms with Crippen LogP contribution in [0.2, 0.25) is 0 Å². The van der Waals surface area contributed by atoms with Gasteiger partial charge in [-0.1, -0.05) is 146 Å². The topological polar surface area (TPSA) is 16.4 Å². The van der Waals surface area contributed by atoms with Crippen LogP contribution < -0.4 is 4.90 Å². The minimum Gasteiger partial charge on any atom is -0.455 e. The largest absolute Gasteiger partial charge is 0.455 e. The lowest BCUT2D eigenvalue weighted by molar-refractivity contribution is 0.670. The number of rotatable bonds is 6. The van der Waals surface area contributed by atoms with Gasteiger partial charge in [-0.15, -0.1) is 11.3 Å². The fourth-order valence-electron chi connectivity index (χ4n) is 8.26. The summed E-state index contributed by atoms with van der Waals surface area (Å²) in [4.78, 5) is 2.43. The molecule has 258 valence electrons. The van der Waals surface area contributed by atoms with Gasteiger partial charge in [0, 0.05) is 47.9 Å². The van der Waals surface area contributed by atoms with E-state index in [4.69, 9.17) is 4.42 Å². The summed E-state index contributed by atoms with van der Waals surface area (Å²) in [5.41, 5.74) is 12.0. The summed E-state index contributed by atoms with van der Waals surface area (Å²) in [6.45, 7) is 0. The first-order valence-corrected chi connectivity index (χ1v) is 19.5. The first-order valence-electron chi connectivity index (χ1n) is 18.7. The lowest BCUT2D eigenvalue weighted by Crippen LogP contribution is -2.10.